The van der Waals surface area contributed by atoms with Crippen LogP contribution in [0, 0.1) is 0 Å². The van der Waals surface area contributed by atoms with E-state index in [1.54, 1.807) is 0 Å². The van der Waals surface area contributed by atoms with Gasteiger partial charge in [-0.15, -0.1) is 0 Å². The number of halogens is 9. The van der Waals surface area contributed by atoms with Crippen molar-refractivity contribution in [3.63, 3.8) is 0 Å². The van der Waals surface area contributed by atoms with Crippen LogP contribution in [0.3, 0.4) is 0 Å². The van der Waals surface area contributed by atoms with Crippen molar-refractivity contribution in [2.24, 2.45) is 0 Å². The summed E-state index contributed by atoms with van der Waals surface area (Å²) in [6.45, 7) is 0.174. The average Bonchev–Trinajstić information content (AvgIpc) is 2.88. The molecule has 0 fully saturated rings. The zero-order chi connectivity index (χ0) is 32.5. The molecule has 1 aliphatic heterocycles. The number of benzene rings is 2. The van der Waals surface area contributed by atoms with Gasteiger partial charge in [-0.05, 0) is 60.9 Å². The van der Waals surface area contributed by atoms with Crippen molar-refractivity contribution < 1.29 is 68.5 Å². The summed E-state index contributed by atoms with van der Waals surface area (Å²) in [7, 11) is 0.818. The zero-order valence-electron chi connectivity index (χ0n) is 22.2. The monoisotopic (exact) mass is 630 g/mol. The molecule has 1 heterocycles. The molecule has 3 rings (SSSR count). The summed E-state index contributed by atoms with van der Waals surface area (Å²) in [5.74, 6) is -1.47. The van der Waals surface area contributed by atoms with Crippen molar-refractivity contribution >= 4 is 23.8 Å². The molecule has 0 unspecified atom stereocenters. The Labute approximate surface area is 237 Å². The number of alkyl halides is 9. The number of carboxylic acid groups (broad SMARTS) is 1. The third-order valence-electron chi connectivity index (χ3n) is 6.49. The number of nitrogens with zero attached hydrogens (tertiary/aromatic N) is 2. The quantitative estimate of drug-likeness (QED) is 0.338. The van der Waals surface area contributed by atoms with Crippen LogP contribution in [0.5, 0.6) is 0 Å². The van der Waals surface area contributed by atoms with Crippen molar-refractivity contribution in [1.29, 1.82) is 0 Å². The molecule has 0 aliphatic carbocycles. The number of aliphatic carboxylic acids is 1. The van der Waals surface area contributed by atoms with Gasteiger partial charge in [0.25, 0.3) is 0 Å². The first kappa shape index (κ1) is 33.3. The number of amides is 2. The Balaban J connectivity index is 2.27. The van der Waals surface area contributed by atoms with Gasteiger partial charge in [0.2, 0.25) is 0 Å². The van der Waals surface area contributed by atoms with Crippen LogP contribution in [0.15, 0.2) is 36.4 Å². The number of fused-ring (bicyclic) bond motifs is 1. The first-order chi connectivity index (χ1) is 19.8. The molecule has 236 valence electrons. The van der Waals surface area contributed by atoms with Gasteiger partial charge in [0, 0.05) is 6.54 Å². The van der Waals surface area contributed by atoms with Gasteiger partial charge < -0.3 is 14.6 Å². The van der Waals surface area contributed by atoms with Gasteiger partial charge in [-0.3, -0.25) is 14.6 Å². The number of anilines is 1. The molecule has 0 saturated carbocycles. The van der Waals surface area contributed by atoms with Crippen LogP contribution in [-0.2, 0) is 39.3 Å². The second-order valence-corrected chi connectivity index (χ2v) is 9.36. The number of hydrogen-bond donors (Lipinski definition) is 1. The Morgan fingerprint density at radius 1 is 0.907 bits per heavy atom. The van der Waals surface area contributed by atoms with E-state index in [0.717, 1.165) is 18.1 Å². The van der Waals surface area contributed by atoms with Crippen LogP contribution >= 0.6 is 0 Å². The largest absolute Gasteiger partial charge is 0.481 e. The van der Waals surface area contributed by atoms with E-state index >= 15 is 0 Å². The van der Waals surface area contributed by atoms with Crippen molar-refractivity contribution in [3.05, 3.63) is 64.2 Å². The Morgan fingerprint density at radius 2 is 1.47 bits per heavy atom. The Hall–Kier alpha value is -4.18. The number of hydrogen-bond acceptors (Lipinski definition) is 5. The lowest BCUT2D eigenvalue weighted by Gasteiger charge is -2.43. The van der Waals surface area contributed by atoms with E-state index in [4.69, 9.17) is 4.74 Å². The third-order valence-corrected chi connectivity index (χ3v) is 6.49. The van der Waals surface area contributed by atoms with Crippen LogP contribution in [0.25, 0.3) is 0 Å². The minimum absolute atomic E-state index is 0.141. The number of ether oxygens (including phenoxy) is 2. The molecule has 1 aliphatic rings. The average molecular weight is 630 g/mol. The van der Waals surface area contributed by atoms with Crippen LogP contribution in [0.4, 0.5) is 54.8 Å². The summed E-state index contributed by atoms with van der Waals surface area (Å²) < 4.78 is 132. The number of carboxylic acids is 1. The third kappa shape index (κ3) is 7.62. The maximum atomic E-state index is 13.7. The summed E-state index contributed by atoms with van der Waals surface area (Å²) in [4.78, 5) is 38.8. The van der Waals surface area contributed by atoms with E-state index in [1.807, 2.05) is 0 Å². The highest BCUT2D eigenvalue weighted by Gasteiger charge is 2.44. The van der Waals surface area contributed by atoms with Crippen LogP contribution in [0.1, 0.15) is 53.6 Å². The fourth-order valence-corrected chi connectivity index (χ4v) is 4.74. The highest BCUT2D eigenvalue weighted by atomic mass is 19.4. The molecule has 2 atom stereocenters. The van der Waals surface area contributed by atoms with Gasteiger partial charge in [-0.25, -0.2) is 9.59 Å². The Bertz CT molecular complexity index is 1340. The maximum absolute atomic E-state index is 13.7. The highest BCUT2D eigenvalue weighted by molar-refractivity contribution is 5.91. The topological polar surface area (TPSA) is 96.4 Å². The first-order valence-electron chi connectivity index (χ1n) is 12.3. The van der Waals surface area contributed by atoms with Gasteiger partial charge in [0.1, 0.15) is 0 Å². The molecule has 8 nitrogen and oxygen atoms in total. The number of carbonyl (C=O) groups excluding carboxylic acids is 2. The molecule has 2 aromatic rings. The summed E-state index contributed by atoms with van der Waals surface area (Å²) >= 11 is 0. The smallest absolute Gasteiger partial charge is 0.416 e. The Kier molecular flexibility index (Phi) is 9.46. The van der Waals surface area contributed by atoms with E-state index < -0.39 is 96.0 Å². The molecule has 43 heavy (non-hydrogen) atoms. The van der Waals surface area contributed by atoms with Gasteiger partial charge in [0.05, 0.1) is 54.6 Å². The number of methoxy groups -OCH3 is 1. The fourth-order valence-electron chi connectivity index (χ4n) is 4.74. The zero-order valence-corrected chi connectivity index (χ0v) is 22.2. The van der Waals surface area contributed by atoms with Gasteiger partial charge in [-0.2, -0.15) is 39.5 Å². The SMILES string of the molecule is CCOC(=O)N1c2ccc(C(F)(F)F)cc2[C@@H](N(Cc2cc(C(F)(F)F)cc(C(F)(F)F)c2)C(=O)OC)C[C@@H]1CC(=O)O. The summed E-state index contributed by atoms with van der Waals surface area (Å²) in [5.41, 5.74) is -6.10. The lowest BCUT2D eigenvalue weighted by Crippen LogP contribution is -2.49. The molecular weight excluding hydrogens is 607 g/mol. The molecular formula is C26H23F9N2O6. The predicted molar refractivity (Wildman–Crippen MR) is 129 cm³/mol. The second-order valence-electron chi connectivity index (χ2n) is 9.36. The molecule has 0 spiro atoms. The van der Waals surface area contributed by atoms with Crippen molar-refractivity contribution in [2.45, 2.75) is 56.9 Å². The molecule has 17 heteroatoms. The van der Waals surface area contributed by atoms with Gasteiger partial charge in [-0.1, -0.05) is 0 Å². The summed E-state index contributed by atoms with van der Waals surface area (Å²) in [6, 6.07) is -0.493. The van der Waals surface area contributed by atoms with E-state index in [-0.39, 0.29) is 18.4 Å². The van der Waals surface area contributed by atoms with Gasteiger partial charge >= 0.3 is 36.7 Å². The molecule has 0 saturated heterocycles. The predicted octanol–water partition coefficient (Wildman–Crippen LogP) is 7.26. The number of carbonyl (C=O) groups is 3. The lowest BCUT2D eigenvalue weighted by molar-refractivity contribution is -0.143. The van der Waals surface area contributed by atoms with E-state index in [0.29, 0.717) is 29.2 Å². The van der Waals surface area contributed by atoms with Gasteiger partial charge in [0.15, 0.2) is 0 Å². The lowest BCUT2D eigenvalue weighted by atomic mass is 9.87. The van der Waals surface area contributed by atoms with Crippen LogP contribution < -0.4 is 4.90 Å². The van der Waals surface area contributed by atoms with Crippen molar-refractivity contribution in [1.82, 2.24) is 4.90 Å². The maximum Gasteiger partial charge on any atom is 0.416 e. The summed E-state index contributed by atoms with van der Waals surface area (Å²) in [5, 5.41) is 9.48. The van der Waals surface area contributed by atoms with E-state index in [2.05, 4.69) is 4.74 Å². The summed E-state index contributed by atoms with van der Waals surface area (Å²) in [6.07, 6.45) is -19.3. The Morgan fingerprint density at radius 3 is 1.93 bits per heavy atom. The number of rotatable bonds is 6. The minimum atomic E-state index is -5.24. The minimum Gasteiger partial charge on any atom is -0.481 e. The second kappa shape index (κ2) is 12.2. The van der Waals surface area contributed by atoms with Crippen molar-refractivity contribution in [2.75, 3.05) is 18.6 Å². The van der Waals surface area contributed by atoms with Crippen molar-refractivity contribution in [3.8, 4) is 0 Å². The first-order valence-corrected chi connectivity index (χ1v) is 12.3. The van der Waals surface area contributed by atoms with E-state index in [1.165, 1.54) is 6.92 Å². The van der Waals surface area contributed by atoms with Crippen LogP contribution in [0.2, 0.25) is 0 Å². The highest BCUT2D eigenvalue weighted by Crippen LogP contribution is 2.45. The molecule has 0 aromatic heterocycles. The normalized spacial score (nSPS) is 17.2. The molecule has 2 aromatic carbocycles. The fraction of sp³-hybridized carbons (Fsp3) is 0.423. The standard InChI is InChI=1S/C26H23F9N2O6/c1-3-43-23(41)37-17(11-21(38)39)10-20(18-9-14(24(27,28)29)4-5-19(18)37)36(22(40)42-2)12-13-6-15(25(30,31)32)8-16(7-13)26(33,34)35/h4-9,17,20H,3,10-12H2,1-2H3,(H,38,39)/t17-,20+/m1/s1. The molecule has 0 bridgehead atoms. The molecule has 2 amide bonds. The molecule has 0 radical (unpaired) electrons. The van der Waals surface area contributed by atoms with Crippen LogP contribution in [-0.4, -0.2) is 47.9 Å². The van der Waals surface area contributed by atoms with E-state index in [9.17, 15) is 59.0 Å². The molecule has 1 N–H and O–H groups in total.